The van der Waals surface area contributed by atoms with Gasteiger partial charge >= 0.3 is 5.69 Å². The summed E-state index contributed by atoms with van der Waals surface area (Å²) in [4.78, 5) is 27.4. The van der Waals surface area contributed by atoms with E-state index in [-0.39, 0.29) is 18.1 Å². The van der Waals surface area contributed by atoms with Gasteiger partial charge < -0.3 is 4.90 Å². The molecule has 0 spiro atoms. The van der Waals surface area contributed by atoms with Gasteiger partial charge in [-0.05, 0) is 25.5 Å². The van der Waals surface area contributed by atoms with Crippen LogP contribution in [0.15, 0.2) is 28.7 Å². The number of hydrogen-bond acceptors (Lipinski definition) is 5. The van der Waals surface area contributed by atoms with Crippen molar-refractivity contribution in [1.29, 1.82) is 0 Å². The summed E-state index contributed by atoms with van der Waals surface area (Å²) in [5.41, 5.74) is 1.97. The molecule has 9 heteroatoms. The third-order valence-corrected chi connectivity index (χ3v) is 5.66. The fourth-order valence-electron chi connectivity index (χ4n) is 3.36. The number of benzene rings is 1. The molecule has 2 aromatic rings. The van der Waals surface area contributed by atoms with E-state index in [1.54, 1.807) is 18.7 Å². The van der Waals surface area contributed by atoms with Gasteiger partial charge in [-0.3, -0.25) is 24.5 Å². The summed E-state index contributed by atoms with van der Waals surface area (Å²) in [6.07, 6.45) is 0. The van der Waals surface area contributed by atoms with Crippen LogP contribution in [-0.2, 0) is 17.9 Å². The second kappa shape index (κ2) is 8.18. The minimum atomic E-state index is -0.445. The summed E-state index contributed by atoms with van der Waals surface area (Å²) < 4.78 is 2.53. The van der Waals surface area contributed by atoms with Crippen LogP contribution < -0.4 is 0 Å². The summed E-state index contributed by atoms with van der Waals surface area (Å²) in [6.45, 7) is 6.97. The highest BCUT2D eigenvalue weighted by molar-refractivity contribution is 9.10. The molecule has 1 aliphatic rings. The largest absolute Gasteiger partial charge is 0.339 e. The first kappa shape index (κ1) is 19.5. The molecule has 0 atom stereocenters. The SMILES string of the molecule is Cc1nn(CC(=O)N2CCN(Cc3ccccc3Br)CC2)c(C)c1[N+](=O)[O-]. The molecule has 1 aliphatic heterocycles. The Bertz CT molecular complexity index is 859. The molecule has 144 valence electrons. The molecule has 8 nitrogen and oxygen atoms in total. The first-order valence-electron chi connectivity index (χ1n) is 8.78. The molecule has 1 aromatic heterocycles. The van der Waals surface area contributed by atoms with Crippen molar-refractivity contribution in [2.45, 2.75) is 26.9 Å². The number of carbonyl (C=O) groups excluding carboxylic acids is 1. The number of halogens is 1. The van der Waals surface area contributed by atoms with Crippen molar-refractivity contribution in [3.8, 4) is 0 Å². The second-order valence-electron chi connectivity index (χ2n) is 6.68. The highest BCUT2D eigenvalue weighted by Crippen LogP contribution is 2.22. The van der Waals surface area contributed by atoms with Gasteiger partial charge in [0.2, 0.25) is 5.91 Å². The van der Waals surface area contributed by atoms with Gasteiger partial charge in [-0.25, -0.2) is 0 Å². The lowest BCUT2D eigenvalue weighted by Gasteiger charge is -2.35. The van der Waals surface area contributed by atoms with E-state index in [1.807, 2.05) is 18.2 Å². The van der Waals surface area contributed by atoms with Crippen LogP contribution in [0.25, 0.3) is 0 Å². The maximum absolute atomic E-state index is 12.6. The molecule has 27 heavy (non-hydrogen) atoms. The summed E-state index contributed by atoms with van der Waals surface area (Å²) in [5.74, 6) is -0.0592. The van der Waals surface area contributed by atoms with Crippen molar-refractivity contribution in [2.24, 2.45) is 0 Å². The Morgan fingerprint density at radius 1 is 1.22 bits per heavy atom. The normalized spacial score (nSPS) is 15.1. The number of hydrogen-bond donors (Lipinski definition) is 0. The lowest BCUT2D eigenvalue weighted by atomic mass is 10.2. The molecule has 1 saturated heterocycles. The molecule has 0 unspecified atom stereocenters. The molecule has 1 amide bonds. The number of aromatic nitrogens is 2. The summed E-state index contributed by atoms with van der Waals surface area (Å²) in [7, 11) is 0. The number of piperazine rings is 1. The van der Waals surface area contributed by atoms with Gasteiger partial charge in [0, 0.05) is 37.2 Å². The zero-order valence-corrected chi connectivity index (χ0v) is 17.0. The number of rotatable bonds is 5. The minimum absolute atomic E-state index is 0.0129. The molecule has 0 saturated carbocycles. The standard InChI is InChI=1S/C18H22BrN5O3/c1-13-18(24(26)27)14(2)23(20-13)12-17(25)22-9-7-21(8-10-22)11-15-5-3-4-6-16(15)19/h3-6H,7-12H2,1-2H3. The van der Waals surface area contributed by atoms with Crippen LogP contribution in [0.3, 0.4) is 0 Å². The van der Waals surface area contributed by atoms with Crippen LogP contribution in [0.1, 0.15) is 17.0 Å². The predicted molar refractivity (Wildman–Crippen MR) is 104 cm³/mol. The molecule has 0 bridgehead atoms. The summed E-state index contributed by atoms with van der Waals surface area (Å²) in [6, 6.07) is 8.14. The van der Waals surface area contributed by atoms with E-state index in [1.165, 1.54) is 10.2 Å². The Labute approximate surface area is 166 Å². The number of aryl methyl sites for hydroxylation is 1. The van der Waals surface area contributed by atoms with E-state index in [2.05, 4.69) is 32.0 Å². The lowest BCUT2D eigenvalue weighted by molar-refractivity contribution is -0.386. The number of nitro groups is 1. The van der Waals surface area contributed by atoms with Crippen LogP contribution in [-0.4, -0.2) is 56.6 Å². The van der Waals surface area contributed by atoms with Crippen molar-refractivity contribution < 1.29 is 9.72 Å². The highest BCUT2D eigenvalue weighted by atomic mass is 79.9. The van der Waals surface area contributed by atoms with Crippen molar-refractivity contribution >= 4 is 27.5 Å². The Balaban J connectivity index is 1.57. The smallest absolute Gasteiger partial charge is 0.312 e. The zero-order chi connectivity index (χ0) is 19.6. The number of carbonyl (C=O) groups is 1. The fourth-order valence-corrected chi connectivity index (χ4v) is 3.77. The van der Waals surface area contributed by atoms with Gasteiger partial charge in [-0.2, -0.15) is 5.10 Å². The van der Waals surface area contributed by atoms with Gasteiger partial charge in [0.15, 0.2) is 0 Å². The van der Waals surface area contributed by atoms with Crippen LogP contribution in [0, 0.1) is 24.0 Å². The monoisotopic (exact) mass is 435 g/mol. The third-order valence-electron chi connectivity index (χ3n) is 4.89. The van der Waals surface area contributed by atoms with Crippen LogP contribution in [0.5, 0.6) is 0 Å². The molecule has 0 aliphatic carbocycles. The molecule has 1 fully saturated rings. The van der Waals surface area contributed by atoms with Gasteiger partial charge in [0.25, 0.3) is 0 Å². The first-order chi connectivity index (χ1) is 12.9. The third kappa shape index (κ3) is 4.36. The van der Waals surface area contributed by atoms with Crippen molar-refractivity contribution in [3.05, 3.63) is 55.8 Å². The van der Waals surface area contributed by atoms with Gasteiger partial charge in [-0.1, -0.05) is 34.1 Å². The Morgan fingerprint density at radius 2 is 1.89 bits per heavy atom. The molecule has 3 rings (SSSR count). The van der Waals surface area contributed by atoms with Crippen LogP contribution >= 0.6 is 15.9 Å². The number of nitrogens with zero attached hydrogens (tertiary/aromatic N) is 5. The van der Waals surface area contributed by atoms with Crippen LogP contribution in [0.2, 0.25) is 0 Å². The Morgan fingerprint density at radius 3 is 2.48 bits per heavy atom. The summed E-state index contributed by atoms with van der Waals surface area (Å²) in [5, 5.41) is 15.3. The quantitative estimate of drug-likeness (QED) is 0.531. The average molecular weight is 436 g/mol. The number of amides is 1. The van der Waals surface area contributed by atoms with Crippen molar-refractivity contribution in [2.75, 3.05) is 26.2 Å². The summed E-state index contributed by atoms with van der Waals surface area (Å²) >= 11 is 3.57. The van der Waals surface area contributed by atoms with Crippen molar-refractivity contribution in [1.82, 2.24) is 19.6 Å². The predicted octanol–water partition coefficient (Wildman–Crippen LogP) is 2.52. The molecular formula is C18H22BrN5O3. The lowest BCUT2D eigenvalue weighted by Crippen LogP contribution is -2.49. The molecule has 1 aromatic carbocycles. The van der Waals surface area contributed by atoms with Gasteiger partial charge in [0.05, 0.1) is 4.92 Å². The van der Waals surface area contributed by atoms with Gasteiger partial charge in [-0.15, -0.1) is 0 Å². The average Bonchev–Trinajstić information content (AvgIpc) is 2.91. The maximum atomic E-state index is 12.6. The first-order valence-corrected chi connectivity index (χ1v) is 9.58. The van der Waals surface area contributed by atoms with E-state index in [0.29, 0.717) is 24.5 Å². The van der Waals surface area contributed by atoms with Gasteiger partial charge in [0.1, 0.15) is 17.9 Å². The molecular weight excluding hydrogens is 414 g/mol. The highest BCUT2D eigenvalue weighted by Gasteiger charge is 2.26. The Kier molecular flexibility index (Phi) is 5.91. The van der Waals surface area contributed by atoms with E-state index in [4.69, 9.17) is 0 Å². The maximum Gasteiger partial charge on any atom is 0.312 e. The van der Waals surface area contributed by atoms with E-state index >= 15 is 0 Å². The van der Waals surface area contributed by atoms with E-state index < -0.39 is 4.92 Å². The fraction of sp³-hybridized carbons (Fsp3) is 0.444. The zero-order valence-electron chi connectivity index (χ0n) is 15.4. The second-order valence-corrected chi connectivity index (χ2v) is 7.54. The van der Waals surface area contributed by atoms with Crippen molar-refractivity contribution in [3.63, 3.8) is 0 Å². The Hall–Kier alpha value is -2.26. The minimum Gasteiger partial charge on any atom is -0.339 e. The van der Waals surface area contributed by atoms with E-state index in [0.717, 1.165) is 24.1 Å². The van der Waals surface area contributed by atoms with Crippen LogP contribution in [0.4, 0.5) is 5.69 Å². The molecule has 0 N–H and O–H groups in total. The van der Waals surface area contributed by atoms with E-state index in [9.17, 15) is 14.9 Å². The molecule has 2 heterocycles. The topological polar surface area (TPSA) is 84.5 Å². The molecule has 0 radical (unpaired) electrons.